The summed E-state index contributed by atoms with van der Waals surface area (Å²) in [5.74, 6) is -0.294. The topological polar surface area (TPSA) is 90.5 Å². The summed E-state index contributed by atoms with van der Waals surface area (Å²) in [6.07, 6.45) is 2.50. The van der Waals surface area contributed by atoms with E-state index in [2.05, 4.69) is 32.4 Å². The Kier molecular flexibility index (Phi) is 7.11. The molecule has 0 atom stereocenters. The first kappa shape index (κ1) is 25.9. The Morgan fingerprint density at radius 3 is 2.17 bits per heavy atom. The van der Waals surface area contributed by atoms with Crippen LogP contribution in [0.25, 0.3) is 11.3 Å². The standard InChI is InChI=1S/C32H30N4O3S/c37-32-30(28-21-27(17-18-29(28)34-32)40(38,39)35-26-11-5-2-6-12-26)31(24-9-3-1-4-10-24)33-25-15-13-23(14-16-25)22-36-19-7-8-20-36/h1-6,9-18,21,33,35H,7-8,19-20,22H2,(H,34,37). The molecule has 0 bridgehead atoms. The predicted molar refractivity (Wildman–Crippen MR) is 160 cm³/mol. The smallest absolute Gasteiger partial charge is 0.261 e. The molecule has 2 aliphatic rings. The van der Waals surface area contributed by atoms with Crippen LogP contribution in [0.4, 0.5) is 17.1 Å². The number of carbonyl (C=O) groups is 1. The van der Waals surface area contributed by atoms with Gasteiger partial charge >= 0.3 is 0 Å². The first-order chi connectivity index (χ1) is 19.5. The van der Waals surface area contributed by atoms with Gasteiger partial charge in [-0.15, -0.1) is 0 Å². The normalized spacial score (nSPS) is 16.4. The number of hydrogen-bond donors (Lipinski definition) is 3. The fraction of sp³-hybridized carbons (Fsp3) is 0.156. The molecule has 40 heavy (non-hydrogen) atoms. The lowest BCUT2D eigenvalue weighted by Gasteiger charge is -2.17. The second kappa shape index (κ2) is 11.0. The van der Waals surface area contributed by atoms with Crippen molar-refractivity contribution < 1.29 is 13.2 Å². The van der Waals surface area contributed by atoms with E-state index >= 15 is 0 Å². The number of nitrogens with zero attached hydrogens (tertiary/aromatic N) is 1. The van der Waals surface area contributed by atoms with Gasteiger partial charge in [0.1, 0.15) is 0 Å². The van der Waals surface area contributed by atoms with Crippen molar-refractivity contribution in [1.82, 2.24) is 4.90 Å². The van der Waals surface area contributed by atoms with Gasteiger partial charge in [0.05, 0.1) is 16.2 Å². The Morgan fingerprint density at radius 1 is 0.800 bits per heavy atom. The van der Waals surface area contributed by atoms with E-state index in [9.17, 15) is 13.2 Å². The molecule has 0 aliphatic carbocycles. The number of benzene rings is 4. The molecular formula is C32H30N4O3S. The van der Waals surface area contributed by atoms with E-state index in [1.54, 1.807) is 36.4 Å². The maximum Gasteiger partial charge on any atom is 0.261 e. The predicted octanol–water partition coefficient (Wildman–Crippen LogP) is 6.02. The molecule has 4 aromatic rings. The van der Waals surface area contributed by atoms with E-state index in [0.717, 1.165) is 30.9 Å². The van der Waals surface area contributed by atoms with Gasteiger partial charge in [-0.05, 0) is 79.5 Å². The summed E-state index contributed by atoms with van der Waals surface area (Å²) in [6.45, 7) is 3.20. The largest absolute Gasteiger partial charge is 0.354 e. The minimum atomic E-state index is -3.88. The number of amides is 1. The molecule has 0 spiro atoms. The van der Waals surface area contributed by atoms with Gasteiger partial charge in [0.15, 0.2) is 0 Å². The number of hydrogen-bond acceptors (Lipinski definition) is 5. The van der Waals surface area contributed by atoms with Crippen LogP contribution >= 0.6 is 0 Å². The van der Waals surface area contributed by atoms with Crippen LogP contribution in [0.2, 0.25) is 0 Å². The van der Waals surface area contributed by atoms with E-state index in [1.165, 1.54) is 24.5 Å². The van der Waals surface area contributed by atoms with E-state index in [1.807, 2.05) is 48.5 Å². The number of fused-ring (bicyclic) bond motifs is 1. The van der Waals surface area contributed by atoms with Crippen molar-refractivity contribution in [3.63, 3.8) is 0 Å². The zero-order chi connectivity index (χ0) is 27.5. The summed E-state index contributed by atoms with van der Waals surface area (Å²) in [6, 6.07) is 31.3. The van der Waals surface area contributed by atoms with Crippen molar-refractivity contribution in [2.24, 2.45) is 0 Å². The van der Waals surface area contributed by atoms with Gasteiger partial charge < -0.3 is 10.6 Å². The van der Waals surface area contributed by atoms with Gasteiger partial charge in [-0.2, -0.15) is 0 Å². The van der Waals surface area contributed by atoms with E-state index in [4.69, 9.17) is 0 Å². The van der Waals surface area contributed by atoms with Gasteiger partial charge in [-0.3, -0.25) is 14.4 Å². The summed E-state index contributed by atoms with van der Waals surface area (Å²) < 4.78 is 29.1. The summed E-state index contributed by atoms with van der Waals surface area (Å²) >= 11 is 0. The number of sulfonamides is 1. The minimum Gasteiger partial charge on any atom is -0.354 e. The molecule has 2 heterocycles. The Morgan fingerprint density at radius 2 is 1.48 bits per heavy atom. The molecule has 0 unspecified atom stereocenters. The third kappa shape index (κ3) is 5.50. The highest BCUT2D eigenvalue weighted by Gasteiger charge is 2.30. The molecule has 6 rings (SSSR count). The second-order valence-corrected chi connectivity index (χ2v) is 11.7. The maximum atomic E-state index is 13.4. The molecule has 8 heteroatoms. The number of nitrogens with one attached hydrogen (secondary N) is 3. The van der Waals surface area contributed by atoms with Crippen molar-refractivity contribution in [2.75, 3.05) is 28.4 Å². The van der Waals surface area contributed by atoms with Crippen molar-refractivity contribution in [3.05, 3.63) is 120 Å². The third-order valence-corrected chi connectivity index (χ3v) is 8.59. The molecule has 4 aromatic carbocycles. The van der Waals surface area contributed by atoms with Crippen LogP contribution in [-0.2, 0) is 21.4 Å². The van der Waals surface area contributed by atoms with Gasteiger partial charge in [0.2, 0.25) is 0 Å². The summed E-state index contributed by atoms with van der Waals surface area (Å²) in [4.78, 5) is 15.9. The molecule has 202 valence electrons. The number of rotatable bonds is 8. The first-order valence-corrected chi connectivity index (χ1v) is 14.9. The molecule has 0 aromatic heterocycles. The quantitative estimate of drug-likeness (QED) is 0.234. The lowest BCUT2D eigenvalue weighted by molar-refractivity contribution is -0.110. The fourth-order valence-electron chi connectivity index (χ4n) is 5.20. The zero-order valence-corrected chi connectivity index (χ0v) is 22.7. The Labute approximate surface area is 234 Å². The summed E-state index contributed by atoms with van der Waals surface area (Å²) in [5, 5.41) is 6.37. The van der Waals surface area contributed by atoms with Crippen LogP contribution in [0, 0.1) is 0 Å². The Bertz CT molecular complexity index is 1660. The number of likely N-dealkylation sites (tertiary alicyclic amines) is 1. The van der Waals surface area contributed by atoms with E-state index in [-0.39, 0.29) is 10.8 Å². The maximum absolute atomic E-state index is 13.4. The zero-order valence-electron chi connectivity index (χ0n) is 21.9. The van der Waals surface area contributed by atoms with E-state index in [0.29, 0.717) is 28.2 Å². The minimum absolute atomic E-state index is 0.0720. The van der Waals surface area contributed by atoms with Crippen LogP contribution < -0.4 is 15.4 Å². The lowest BCUT2D eigenvalue weighted by Crippen LogP contribution is -2.18. The highest BCUT2D eigenvalue weighted by Crippen LogP contribution is 2.39. The van der Waals surface area contributed by atoms with Gasteiger partial charge in [0, 0.05) is 29.2 Å². The van der Waals surface area contributed by atoms with Crippen LogP contribution in [0.5, 0.6) is 0 Å². The number of carbonyl (C=O) groups excluding carboxylic acids is 1. The molecule has 2 aliphatic heterocycles. The highest BCUT2D eigenvalue weighted by atomic mass is 32.2. The van der Waals surface area contributed by atoms with Crippen LogP contribution in [-0.4, -0.2) is 32.3 Å². The van der Waals surface area contributed by atoms with Gasteiger partial charge in [-0.1, -0.05) is 60.7 Å². The molecule has 0 saturated carbocycles. The lowest BCUT2D eigenvalue weighted by atomic mass is 10.00. The first-order valence-electron chi connectivity index (χ1n) is 13.4. The molecule has 3 N–H and O–H groups in total. The molecule has 1 fully saturated rings. The van der Waals surface area contributed by atoms with Crippen molar-refractivity contribution in [2.45, 2.75) is 24.3 Å². The summed E-state index contributed by atoms with van der Waals surface area (Å²) in [7, 11) is -3.88. The van der Waals surface area contributed by atoms with Crippen LogP contribution in [0.15, 0.2) is 108 Å². The number of anilines is 3. The van der Waals surface area contributed by atoms with Gasteiger partial charge in [-0.25, -0.2) is 8.42 Å². The SMILES string of the molecule is O=C1Nc2ccc(S(=O)(=O)Nc3ccccc3)cc2C1=C(Nc1ccc(CN2CCCC2)cc1)c1ccccc1. The average Bonchev–Trinajstić information content (AvgIpc) is 3.60. The van der Waals surface area contributed by atoms with Crippen molar-refractivity contribution in [3.8, 4) is 0 Å². The third-order valence-electron chi connectivity index (χ3n) is 7.21. The molecule has 7 nitrogen and oxygen atoms in total. The molecule has 1 amide bonds. The average molecular weight is 551 g/mol. The Hall–Kier alpha value is -4.40. The highest BCUT2D eigenvalue weighted by molar-refractivity contribution is 7.92. The van der Waals surface area contributed by atoms with Crippen molar-refractivity contribution in [1.29, 1.82) is 0 Å². The van der Waals surface area contributed by atoms with Gasteiger partial charge in [0.25, 0.3) is 15.9 Å². The van der Waals surface area contributed by atoms with Crippen LogP contribution in [0.3, 0.4) is 0 Å². The van der Waals surface area contributed by atoms with Crippen molar-refractivity contribution >= 4 is 44.3 Å². The second-order valence-electron chi connectivity index (χ2n) is 10.1. The fourth-order valence-corrected chi connectivity index (χ4v) is 6.29. The summed E-state index contributed by atoms with van der Waals surface area (Å²) in [5.41, 5.74) is 5.45. The number of para-hydroxylation sites is 1. The monoisotopic (exact) mass is 550 g/mol. The molecule has 1 saturated heterocycles. The van der Waals surface area contributed by atoms with E-state index < -0.39 is 10.0 Å². The molecule has 0 radical (unpaired) electrons. The Balaban J connectivity index is 1.37. The van der Waals surface area contributed by atoms with Crippen LogP contribution in [0.1, 0.15) is 29.5 Å². The molecular weight excluding hydrogens is 520 g/mol.